The van der Waals surface area contributed by atoms with Crippen LogP contribution in [0.1, 0.15) is 81.8 Å². The van der Waals surface area contributed by atoms with E-state index < -0.39 is 52.4 Å². The molecule has 0 spiro atoms. The average molecular weight is 626 g/mol. The lowest BCUT2D eigenvalue weighted by molar-refractivity contribution is -0.143. The molecule has 0 saturated carbocycles. The number of hydrogen-bond donors (Lipinski definition) is 1. The van der Waals surface area contributed by atoms with Crippen LogP contribution in [0.5, 0.6) is 0 Å². The van der Waals surface area contributed by atoms with Crippen LogP contribution in [-0.4, -0.2) is 22.9 Å². The maximum absolute atomic E-state index is 15.1. The Labute approximate surface area is 251 Å². The van der Waals surface area contributed by atoms with Gasteiger partial charge in [-0.25, -0.2) is 18.3 Å². The molecule has 43 heavy (non-hydrogen) atoms. The fourth-order valence-electron chi connectivity index (χ4n) is 6.34. The van der Waals surface area contributed by atoms with E-state index in [-0.39, 0.29) is 33.5 Å². The Morgan fingerprint density at radius 3 is 2.37 bits per heavy atom. The highest BCUT2D eigenvalue weighted by atomic mass is 35.5. The molecule has 0 aliphatic carbocycles. The Morgan fingerprint density at radius 1 is 1.14 bits per heavy atom. The summed E-state index contributed by atoms with van der Waals surface area (Å²) in [6.45, 7) is 10.2. The Balaban J connectivity index is 1.93. The molecule has 4 rings (SSSR count). The van der Waals surface area contributed by atoms with E-state index in [9.17, 15) is 22.4 Å². The Kier molecular flexibility index (Phi) is 9.27. The first kappa shape index (κ1) is 32.5. The van der Waals surface area contributed by atoms with Gasteiger partial charge in [0.15, 0.2) is 11.5 Å². The summed E-state index contributed by atoms with van der Waals surface area (Å²) < 4.78 is 79.5. The lowest BCUT2D eigenvalue weighted by atomic mass is 9.63. The highest BCUT2D eigenvalue weighted by molar-refractivity contribution is 6.31. The van der Waals surface area contributed by atoms with E-state index in [0.29, 0.717) is 10.2 Å². The summed E-state index contributed by atoms with van der Waals surface area (Å²) in [4.78, 5) is 18.3. The van der Waals surface area contributed by atoms with Crippen molar-refractivity contribution in [2.45, 2.75) is 65.6 Å². The number of nitrogens with one attached hydrogen (secondary N) is 1. The van der Waals surface area contributed by atoms with Gasteiger partial charge in [0, 0.05) is 10.6 Å². The molecule has 12 heteroatoms. The monoisotopic (exact) mass is 625 g/mol. The van der Waals surface area contributed by atoms with Gasteiger partial charge in [-0.3, -0.25) is 0 Å². The third-order valence-corrected chi connectivity index (χ3v) is 9.10. The molecule has 1 aliphatic rings. The van der Waals surface area contributed by atoms with Gasteiger partial charge in [0.05, 0.1) is 24.6 Å². The first-order chi connectivity index (χ1) is 20.2. The van der Waals surface area contributed by atoms with E-state index >= 15 is 4.39 Å². The van der Waals surface area contributed by atoms with Gasteiger partial charge in [0.1, 0.15) is 23.2 Å². The third-order valence-electron chi connectivity index (χ3n) is 8.77. The van der Waals surface area contributed by atoms with Gasteiger partial charge in [0.25, 0.3) is 0 Å². The van der Waals surface area contributed by atoms with Crippen molar-refractivity contribution < 1.29 is 36.3 Å². The first-order valence-electron chi connectivity index (χ1n) is 13.9. The summed E-state index contributed by atoms with van der Waals surface area (Å²) in [5, 5.41) is 3.88. The molecular formula is C31H33ClF5N3O3. The molecule has 2 atom stereocenters. The molecule has 1 aliphatic heterocycles. The largest absolute Gasteiger partial charge is 0.465 e. The van der Waals surface area contributed by atoms with Gasteiger partial charge >= 0.3 is 12.1 Å². The molecular weight excluding hydrogens is 593 g/mol. The second-order valence-corrected chi connectivity index (χ2v) is 11.3. The van der Waals surface area contributed by atoms with Crippen LogP contribution >= 0.6 is 11.6 Å². The number of carbonyl (C=O) groups excluding carboxylic acids is 1. The number of methoxy groups -OCH3 is 1. The van der Waals surface area contributed by atoms with Crippen molar-refractivity contribution in [1.82, 2.24) is 15.3 Å². The molecule has 6 nitrogen and oxygen atoms in total. The fourth-order valence-corrected chi connectivity index (χ4v) is 6.61. The summed E-state index contributed by atoms with van der Waals surface area (Å²) in [6, 6.07) is 6.18. The highest BCUT2D eigenvalue weighted by Crippen LogP contribution is 2.48. The van der Waals surface area contributed by atoms with Gasteiger partial charge in [-0.2, -0.15) is 18.3 Å². The summed E-state index contributed by atoms with van der Waals surface area (Å²) in [5.41, 5.74) is -0.0670. The number of esters is 1. The van der Waals surface area contributed by atoms with E-state index in [0.717, 1.165) is 38.3 Å². The van der Waals surface area contributed by atoms with Crippen LogP contribution in [-0.2, 0) is 20.5 Å². The predicted molar refractivity (Wildman–Crippen MR) is 152 cm³/mol. The van der Waals surface area contributed by atoms with Crippen LogP contribution < -0.4 is 5.48 Å². The molecule has 0 radical (unpaired) electrons. The molecule has 1 N–H and O–H groups in total. The van der Waals surface area contributed by atoms with Crippen molar-refractivity contribution in [1.29, 1.82) is 0 Å². The highest BCUT2D eigenvalue weighted by Gasteiger charge is 2.45. The molecule has 2 unspecified atom stereocenters. The lowest BCUT2D eigenvalue weighted by Crippen LogP contribution is -2.32. The van der Waals surface area contributed by atoms with Gasteiger partial charge in [-0.05, 0) is 66.0 Å². The zero-order valence-electron chi connectivity index (χ0n) is 24.6. The first-order valence-corrected chi connectivity index (χ1v) is 14.2. The normalized spacial score (nSPS) is 16.5. The third kappa shape index (κ3) is 5.76. The second-order valence-electron chi connectivity index (χ2n) is 10.9. The van der Waals surface area contributed by atoms with E-state index in [1.54, 1.807) is 0 Å². The van der Waals surface area contributed by atoms with Crippen LogP contribution in [0.4, 0.5) is 22.0 Å². The minimum Gasteiger partial charge on any atom is -0.465 e. The number of carbonyl (C=O) groups is 1. The summed E-state index contributed by atoms with van der Waals surface area (Å²) in [5.74, 6) is -3.16. The molecule has 0 bridgehead atoms. The zero-order valence-corrected chi connectivity index (χ0v) is 25.3. The maximum atomic E-state index is 15.1. The summed E-state index contributed by atoms with van der Waals surface area (Å²) in [6.07, 6.45) is -2.60. The molecule has 0 saturated heterocycles. The van der Waals surface area contributed by atoms with E-state index in [1.807, 2.05) is 20.8 Å². The quantitative estimate of drug-likeness (QED) is 0.191. The van der Waals surface area contributed by atoms with Gasteiger partial charge in [-0.15, -0.1) is 5.48 Å². The van der Waals surface area contributed by atoms with E-state index in [4.69, 9.17) is 21.2 Å². The maximum Gasteiger partial charge on any atom is 0.434 e. The molecule has 2 aromatic carbocycles. The summed E-state index contributed by atoms with van der Waals surface area (Å²) in [7, 11) is 1.03. The second kappa shape index (κ2) is 12.3. The Hall–Kier alpha value is -3.44. The number of halogens is 6. The number of hydroxylamine groups is 1. The molecule has 0 fully saturated rings. The van der Waals surface area contributed by atoms with Crippen molar-refractivity contribution in [3.63, 3.8) is 0 Å². The molecule has 0 amide bonds. The molecule has 3 aromatic rings. The van der Waals surface area contributed by atoms with Crippen molar-refractivity contribution >= 4 is 23.3 Å². The van der Waals surface area contributed by atoms with Crippen molar-refractivity contribution in [3.8, 4) is 5.69 Å². The van der Waals surface area contributed by atoms with Crippen LogP contribution in [0, 0.1) is 23.0 Å². The van der Waals surface area contributed by atoms with Crippen LogP contribution in [0.3, 0.4) is 0 Å². The Bertz CT molecular complexity index is 1530. The fraction of sp³-hybridized carbons (Fsp3) is 0.419. The number of benzene rings is 2. The van der Waals surface area contributed by atoms with E-state index in [2.05, 4.69) is 24.4 Å². The average Bonchev–Trinajstić information content (AvgIpc) is 3.58. The number of aromatic nitrogens is 2. The number of alkyl halides is 3. The van der Waals surface area contributed by atoms with Gasteiger partial charge < -0.3 is 9.57 Å². The summed E-state index contributed by atoms with van der Waals surface area (Å²) >= 11 is 6.19. The number of ether oxygens (including phenoxy) is 1. The topological polar surface area (TPSA) is 65.4 Å². The minimum atomic E-state index is -5.04. The predicted octanol–water partition coefficient (Wildman–Crippen LogP) is 8.55. The zero-order chi connectivity index (χ0) is 31.9. The van der Waals surface area contributed by atoms with Gasteiger partial charge in [0.2, 0.25) is 0 Å². The molecule has 232 valence electrons. The molecule has 1 aromatic heterocycles. The molecule has 2 heterocycles. The van der Waals surface area contributed by atoms with Crippen molar-refractivity contribution in [2.24, 2.45) is 11.3 Å². The SMILES string of the molecule is CCC(CC)(C(C)C)C(C)c1cc(F)cc(-n2ncc(C3=C(C(=O)OC)C(c4c(F)cccc4Cl)NO3)c2C(F)(F)F)c1. The number of rotatable bonds is 9. The van der Waals surface area contributed by atoms with Crippen LogP contribution in [0.15, 0.2) is 48.2 Å². The van der Waals surface area contributed by atoms with Crippen molar-refractivity contribution in [2.75, 3.05) is 7.11 Å². The van der Waals surface area contributed by atoms with E-state index in [1.165, 1.54) is 24.3 Å². The number of nitrogens with zero attached hydrogens (tertiary/aromatic N) is 2. The Morgan fingerprint density at radius 2 is 1.81 bits per heavy atom. The van der Waals surface area contributed by atoms with Crippen LogP contribution in [0.25, 0.3) is 11.4 Å². The number of hydrogen-bond acceptors (Lipinski definition) is 5. The lowest BCUT2D eigenvalue weighted by Gasteiger charge is -2.42. The standard InChI is InChI=1S/C31H33ClF5N3O3/c1-7-30(8-2,16(3)4)17(5)18-12-19(33)14-20(13-18)40-28(31(35,36)37)21(15-38-40)27-25(29(41)42-6)26(39-43-27)24-22(32)10-9-11-23(24)34/h9-17,26,39H,7-8H2,1-6H3. The smallest absolute Gasteiger partial charge is 0.434 e. The minimum absolute atomic E-state index is 0.0893. The van der Waals surface area contributed by atoms with Gasteiger partial charge in [-0.1, -0.05) is 52.3 Å². The van der Waals surface area contributed by atoms with Crippen molar-refractivity contribution in [3.05, 3.63) is 87.2 Å². The van der Waals surface area contributed by atoms with Crippen LogP contribution in [0.2, 0.25) is 5.02 Å².